The minimum absolute atomic E-state index is 0.183. The number of nitrogens with zero attached hydrogens (tertiary/aromatic N) is 1. The lowest BCUT2D eigenvalue weighted by Crippen LogP contribution is -2.40. The van der Waals surface area contributed by atoms with Gasteiger partial charge in [0.25, 0.3) is 6.29 Å². The van der Waals surface area contributed by atoms with E-state index in [1.807, 2.05) is 21.1 Å². The molecular weight excluding hydrogens is 1100 g/mol. The number of rotatable bonds is 70. The Labute approximate surface area is 550 Å². The molecule has 9 heteroatoms. The van der Waals surface area contributed by atoms with Gasteiger partial charge in [0.15, 0.2) is 6.10 Å². The highest BCUT2D eigenvalue weighted by Crippen LogP contribution is 2.19. The van der Waals surface area contributed by atoms with Crippen LogP contribution in [0.5, 0.6) is 0 Å². The second kappa shape index (κ2) is 70.3. The van der Waals surface area contributed by atoms with Gasteiger partial charge in [-0.25, -0.2) is 4.79 Å². The molecule has 0 radical (unpaired) electrons. The third-order valence-corrected chi connectivity index (χ3v) is 16.6. The average Bonchev–Trinajstić information content (AvgIpc) is 3.64. The zero-order valence-corrected chi connectivity index (χ0v) is 59.1. The second-order valence-electron chi connectivity index (χ2n) is 26.6. The first-order valence-corrected chi connectivity index (χ1v) is 37.8. The number of hydrogen-bond acceptors (Lipinski definition) is 7. The fraction of sp³-hybridized carbons (Fsp3) is 0.787. The first-order valence-electron chi connectivity index (χ1n) is 37.8. The van der Waals surface area contributed by atoms with Gasteiger partial charge in [0.2, 0.25) is 0 Å². The molecule has 0 aromatic carbocycles. The summed E-state index contributed by atoms with van der Waals surface area (Å²) in [4.78, 5) is 37.7. The predicted molar refractivity (Wildman–Crippen MR) is 382 cm³/mol. The number of carboxylic acids is 1. The Kier molecular flexibility index (Phi) is 67.6. The van der Waals surface area contributed by atoms with E-state index in [1.54, 1.807) is 0 Å². The van der Waals surface area contributed by atoms with Crippen molar-refractivity contribution >= 4 is 17.9 Å². The Morgan fingerprint density at radius 1 is 0.348 bits per heavy atom. The van der Waals surface area contributed by atoms with Crippen molar-refractivity contribution < 1.29 is 42.9 Å². The standard InChI is InChI=1S/C80H143NO8/c1-6-8-10-12-14-16-18-20-22-24-26-28-30-32-34-35-36-37-38-39-40-41-42-43-45-46-48-50-52-54-56-58-60-62-64-66-68-70-77(82)87-74-76(75-88-80(79(84)85)86-73-72-81(3,4)5)89-78(83)71-69-67-65-63-61-59-57-55-53-51-49-47-44-33-31-29-27-25-23-21-19-17-15-13-11-9-7-2/h9,11,15,17-18,20-21,23-24,26-27,29,33,44,76,80H,6-8,10,12-14,16,19,22,25,28,30-32,34-43,45-75H2,1-5H3/p+1/b11-9-,17-15-,20-18-,23-21-,26-24-,29-27-,44-33-. The Morgan fingerprint density at radius 2 is 0.640 bits per heavy atom. The maximum atomic E-state index is 13.0. The highest BCUT2D eigenvalue weighted by atomic mass is 16.7. The summed E-state index contributed by atoms with van der Waals surface area (Å²) in [6, 6.07) is 0. The summed E-state index contributed by atoms with van der Waals surface area (Å²) in [7, 11) is 5.98. The molecule has 0 fully saturated rings. The molecule has 0 spiro atoms. The fourth-order valence-electron chi connectivity index (χ4n) is 10.9. The number of aliphatic carboxylic acids is 1. The van der Waals surface area contributed by atoms with Crippen molar-refractivity contribution in [3.8, 4) is 0 Å². The first kappa shape index (κ1) is 85.5. The van der Waals surface area contributed by atoms with Crippen LogP contribution in [-0.4, -0.2) is 87.4 Å². The van der Waals surface area contributed by atoms with Gasteiger partial charge in [-0.1, -0.05) is 330 Å². The molecule has 1 N–H and O–H groups in total. The van der Waals surface area contributed by atoms with Gasteiger partial charge in [-0.05, 0) is 89.9 Å². The van der Waals surface area contributed by atoms with Crippen LogP contribution in [0.4, 0.5) is 0 Å². The Bertz CT molecular complexity index is 1740. The molecule has 0 aliphatic carbocycles. The highest BCUT2D eigenvalue weighted by molar-refractivity contribution is 5.71. The summed E-state index contributed by atoms with van der Waals surface area (Å²) in [6.45, 7) is 4.79. The molecule has 516 valence electrons. The van der Waals surface area contributed by atoms with Crippen LogP contribution >= 0.6 is 0 Å². The van der Waals surface area contributed by atoms with Crippen LogP contribution in [0.25, 0.3) is 0 Å². The number of carboxylic acid groups (broad SMARTS) is 1. The smallest absolute Gasteiger partial charge is 0.361 e. The van der Waals surface area contributed by atoms with Crippen LogP contribution < -0.4 is 0 Å². The van der Waals surface area contributed by atoms with Gasteiger partial charge in [-0.3, -0.25) is 9.59 Å². The van der Waals surface area contributed by atoms with Crippen molar-refractivity contribution in [3.63, 3.8) is 0 Å². The summed E-state index contributed by atoms with van der Waals surface area (Å²) >= 11 is 0. The minimum atomic E-state index is -1.51. The number of quaternary nitrogens is 1. The average molecular weight is 1250 g/mol. The third-order valence-electron chi connectivity index (χ3n) is 16.6. The summed E-state index contributed by atoms with van der Waals surface area (Å²) < 4.78 is 23.0. The molecule has 0 bridgehead atoms. The van der Waals surface area contributed by atoms with Gasteiger partial charge in [0.1, 0.15) is 13.2 Å². The molecule has 9 nitrogen and oxygen atoms in total. The lowest BCUT2D eigenvalue weighted by Gasteiger charge is -2.25. The Morgan fingerprint density at radius 3 is 0.955 bits per heavy atom. The second-order valence-corrected chi connectivity index (χ2v) is 26.6. The van der Waals surface area contributed by atoms with E-state index >= 15 is 0 Å². The summed E-state index contributed by atoms with van der Waals surface area (Å²) in [6.07, 6.45) is 92.9. The maximum Gasteiger partial charge on any atom is 0.361 e. The third kappa shape index (κ3) is 71.8. The molecular formula is C80H144NO8+. The quantitative estimate of drug-likeness (QED) is 0.0211. The van der Waals surface area contributed by atoms with Crippen LogP contribution in [0, 0.1) is 0 Å². The van der Waals surface area contributed by atoms with E-state index in [1.165, 1.54) is 238 Å². The topological polar surface area (TPSA) is 108 Å². The van der Waals surface area contributed by atoms with E-state index < -0.39 is 24.3 Å². The van der Waals surface area contributed by atoms with Gasteiger partial charge >= 0.3 is 17.9 Å². The van der Waals surface area contributed by atoms with Crippen molar-refractivity contribution in [3.05, 3.63) is 85.1 Å². The molecule has 0 rings (SSSR count). The van der Waals surface area contributed by atoms with E-state index in [-0.39, 0.29) is 32.2 Å². The molecule has 89 heavy (non-hydrogen) atoms. The number of likely N-dealkylation sites (N-methyl/N-ethyl adjacent to an activating group) is 1. The number of carbonyl (C=O) groups excluding carboxylic acids is 2. The lowest BCUT2D eigenvalue weighted by atomic mass is 10.0. The summed E-state index contributed by atoms with van der Waals surface area (Å²) in [5.74, 6) is -1.99. The van der Waals surface area contributed by atoms with Crippen LogP contribution in [0.1, 0.15) is 348 Å². The van der Waals surface area contributed by atoms with E-state index in [4.69, 9.17) is 18.9 Å². The molecule has 0 aromatic heterocycles. The molecule has 0 heterocycles. The SMILES string of the molecule is CC/C=C\C/C=C\C/C=C\C/C=C\C/C=C\CCCCCCCCCCCCCC(=O)OC(COC(=O)CCCCCCCCCCCCCCCCCCCCCCCCCCC/C=C\C/C=C\CCCCCCC)COC(OCC[N+](C)(C)C)C(=O)O. The first-order chi connectivity index (χ1) is 43.6. The van der Waals surface area contributed by atoms with E-state index in [2.05, 4.69) is 98.9 Å². The molecule has 2 atom stereocenters. The highest BCUT2D eigenvalue weighted by Gasteiger charge is 2.25. The number of unbranched alkanes of at least 4 members (excludes halogenated alkanes) is 41. The molecule has 0 amide bonds. The molecule has 0 saturated heterocycles. The molecule has 0 aliphatic rings. The number of ether oxygens (including phenoxy) is 4. The number of esters is 2. The van der Waals surface area contributed by atoms with Gasteiger partial charge < -0.3 is 28.5 Å². The molecule has 0 aliphatic heterocycles. The molecule has 0 aromatic rings. The van der Waals surface area contributed by atoms with Gasteiger partial charge in [0, 0.05) is 12.8 Å². The van der Waals surface area contributed by atoms with Gasteiger partial charge in [-0.15, -0.1) is 0 Å². The number of allylic oxidation sites excluding steroid dienone is 14. The zero-order chi connectivity index (χ0) is 64.7. The zero-order valence-electron chi connectivity index (χ0n) is 59.1. The van der Waals surface area contributed by atoms with E-state index in [0.717, 1.165) is 77.0 Å². The van der Waals surface area contributed by atoms with Crippen molar-refractivity contribution in [1.29, 1.82) is 0 Å². The van der Waals surface area contributed by atoms with Crippen LogP contribution in [-0.2, 0) is 33.3 Å². The maximum absolute atomic E-state index is 13.0. The van der Waals surface area contributed by atoms with Crippen molar-refractivity contribution in [2.75, 3.05) is 47.5 Å². The summed E-state index contributed by atoms with van der Waals surface area (Å²) in [5, 5.41) is 9.76. The largest absolute Gasteiger partial charge is 0.477 e. The van der Waals surface area contributed by atoms with Crippen molar-refractivity contribution in [1.82, 2.24) is 0 Å². The minimum Gasteiger partial charge on any atom is -0.477 e. The van der Waals surface area contributed by atoms with Gasteiger partial charge in [-0.2, -0.15) is 0 Å². The van der Waals surface area contributed by atoms with E-state index in [9.17, 15) is 19.5 Å². The normalized spacial score (nSPS) is 13.1. The Balaban J connectivity index is 4.02. The fourth-order valence-corrected chi connectivity index (χ4v) is 10.9. The molecule has 2 unspecified atom stereocenters. The van der Waals surface area contributed by atoms with Crippen LogP contribution in [0.15, 0.2) is 85.1 Å². The van der Waals surface area contributed by atoms with Crippen LogP contribution in [0.2, 0.25) is 0 Å². The predicted octanol–water partition coefficient (Wildman–Crippen LogP) is 23.8. The van der Waals surface area contributed by atoms with E-state index in [0.29, 0.717) is 23.9 Å². The monoisotopic (exact) mass is 1250 g/mol. The van der Waals surface area contributed by atoms with Crippen LogP contribution in [0.3, 0.4) is 0 Å². The number of hydrogen-bond donors (Lipinski definition) is 1. The van der Waals surface area contributed by atoms with Crippen molar-refractivity contribution in [2.45, 2.75) is 360 Å². The Hall–Kier alpha value is -3.53. The summed E-state index contributed by atoms with van der Waals surface area (Å²) in [5.41, 5.74) is 0. The number of carbonyl (C=O) groups is 3. The lowest BCUT2D eigenvalue weighted by molar-refractivity contribution is -0.870. The molecule has 0 saturated carbocycles. The van der Waals surface area contributed by atoms with Gasteiger partial charge in [0.05, 0.1) is 34.4 Å². The van der Waals surface area contributed by atoms with Crippen molar-refractivity contribution in [2.24, 2.45) is 0 Å².